The number of aliphatic carboxylic acids is 1. The van der Waals surface area contributed by atoms with E-state index in [0.717, 1.165) is 0 Å². The first kappa shape index (κ1) is 11.3. The zero-order valence-electron chi connectivity index (χ0n) is 8.52. The van der Waals surface area contributed by atoms with Crippen molar-refractivity contribution in [3.63, 3.8) is 0 Å². The molecular weight excluding hydrogens is 196 g/mol. The number of nitrogens with one attached hydrogen (secondary N) is 1. The average molecular weight is 208 g/mol. The lowest BCUT2D eigenvalue weighted by Crippen LogP contribution is -2.54. The number of hydrogen-bond acceptors (Lipinski definition) is 4. The van der Waals surface area contributed by atoms with Crippen LogP contribution in [0.1, 0.15) is 17.3 Å². The summed E-state index contributed by atoms with van der Waals surface area (Å²) >= 11 is 0. The van der Waals surface area contributed by atoms with Crippen LogP contribution in [0.5, 0.6) is 0 Å². The van der Waals surface area contributed by atoms with Gasteiger partial charge < -0.3 is 5.11 Å². The van der Waals surface area contributed by atoms with E-state index in [2.05, 4.69) is 10.3 Å². The lowest BCUT2D eigenvalue weighted by atomic mass is 9.92. The number of pyridine rings is 1. The number of ketones is 1. The highest BCUT2D eigenvalue weighted by Gasteiger charge is 2.40. The minimum absolute atomic E-state index is 0.323. The summed E-state index contributed by atoms with van der Waals surface area (Å²) < 4.78 is 0. The lowest BCUT2D eigenvalue weighted by molar-refractivity contribution is -0.141. The molecule has 2 N–H and O–H groups in total. The third kappa shape index (κ3) is 2.02. The molecular formula is C10H12N2O3. The van der Waals surface area contributed by atoms with Crippen LogP contribution in [0.3, 0.4) is 0 Å². The molecule has 0 aromatic carbocycles. The maximum absolute atomic E-state index is 11.9. The molecule has 0 radical (unpaired) electrons. The van der Waals surface area contributed by atoms with Gasteiger partial charge in [0, 0.05) is 18.0 Å². The molecule has 1 aromatic heterocycles. The molecule has 0 fully saturated rings. The molecule has 0 bridgehead atoms. The number of carboxylic acid groups (broad SMARTS) is 1. The molecule has 0 amide bonds. The highest BCUT2D eigenvalue weighted by Crippen LogP contribution is 2.12. The third-order valence-corrected chi connectivity index (χ3v) is 2.32. The zero-order valence-corrected chi connectivity index (χ0v) is 8.52. The highest BCUT2D eigenvalue weighted by molar-refractivity contribution is 6.15. The van der Waals surface area contributed by atoms with Crippen LogP contribution in [0.2, 0.25) is 0 Å². The minimum Gasteiger partial charge on any atom is -0.480 e. The first-order chi connectivity index (χ1) is 7.02. The Kier molecular flexibility index (Phi) is 3.16. The Bertz CT molecular complexity index is 378. The molecule has 0 saturated carbocycles. The van der Waals surface area contributed by atoms with Crippen molar-refractivity contribution in [1.29, 1.82) is 0 Å². The number of carbonyl (C=O) groups excluding carboxylic acids is 1. The first-order valence-electron chi connectivity index (χ1n) is 4.39. The normalized spacial score (nSPS) is 14.3. The smallest absolute Gasteiger partial charge is 0.331 e. The van der Waals surface area contributed by atoms with Gasteiger partial charge in [-0.05, 0) is 26.1 Å². The van der Waals surface area contributed by atoms with Crippen molar-refractivity contribution < 1.29 is 14.7 Å². The summed E-state index contributed by atoms with van der Waals surface area (Å²) in [6, 6.07) is 2.97. The van der Waals surface area contributed by atoms with Gasteiger partial charge in [0.1, 0.15) is 0 Å². The fraction of sp³-hybridized carbons (Fsp3) is 0.300. The molecule has 0 aliphatic heterocycles. The molecule has 1 heterocycles. The van der Waals surface area contributed by atoms with Gasteiger partial charge in [0.2, 0.25) is 0 Å². The van der Waals surface area contributed by atoms with Crippen molar-refractivity contribution in [1.82, 2.24) is 10.3 Å². The number of aromatic nitrogens is 1. The molecule has 0 saturated heterocycles. The Balaban J connectivity index is 3.08. The van der Waals surface area contributed by atoms with Crippen molar-refractivity contribution in [2.75, 3.05) is 7.05 Å². The van der Waals surface area contributed by atoms with E-state index in [1.807, 2.05) is 0 Å². The fourth-order valence-electron chi connectivity index (χ4n) is 1.11. The van der Waals surface area contributed by atoms with Gasteiger partial charge in [0.15, 0.2) is 11.3 Å². The van der Waals surface area contributed by atoms with E-state index in [9.17, 15) is 9.59 Å². The lowest BCUT2D eigenvalue weighted by Gasteiger charge is -2.22. The zero-order chi connectivity index (χ0) is 11.5. The highest BCUT2D eigenvalue weighted by atomic mass is 16.4. The molecule has 1 rings (SSSR count). The number of Topliss-reactive ketones (excluding diaryl/α,β-unsaturated/α-hetero) is 1. The largest absolute Gasteiger partial charge is 0.480 e. The van der Waals surface area contributed by atoms with Crippen LogP contribution < -0.4 is 5.32 Å². The second-order valence-corrected chi connectivity index (χ2v) is 3.25. The summed E-state index contributed by atoms with van der Waals surface area (Å²) in [5, 5.41) is 11.5. The van der Waals surface area contributed by atoms with E-state index in [4.69, 9.17) is 5.11 Å². The average Bonchev–Trinajstić information content (AvgIpc) is 2.28. The van der Waals surface area contributed by atoms with Gasteiger partial charge in [-0.3, -0.25) is 15.1 Å². The van der Waals surface area contributed by atoms with E-state index < -0.39 is 17.3 Å². The SMILES string of the molecule is CN[C@@](C)(C(=O)O)C(=O)c1ccncc1. The van der Waals surface area contributed by atoms with E-state index in [-0.39, 0.29) is 0 Å². The Morgan fingerprint density at radius 2 is 1.93 bits per heavy atom. The molecule has 15 heavy (non-hydrogen) atoms. The summed E-state index contributed by atoms with van der Waals surface area (Å²) in [5.41, 5.74) is -1.27. The molecule has 5 nitrogen and oxygen atoms in total. The Morgan fingerprint density at radius 1 is 1.40 bits per heavy atom. The van der Waals surface area contributed by atoms with Crippen LogP contribution in [-0.4, -0.2) is 34.4 Å². The molecule has 1 aromatic rings. The maximum atomic E-state index is 11.9. The predicted octanol–water partition coefficient (Wildman–Crippen LogP) is 0.327. The van der Waals surface area contributed by atoms with Gasteiger partial charge in [0.05, 0.1) is 0 Å². The quantitative estimate of drug-likeness (QED) is 0.550. The maximum Gasteiger partial charge on any atom is 0.331 e. The summed E-state index contributed by atoms with van der Waals surface area (Å²) in [5.74, 6) is -1.69. The second-order valence-electron chi connectivity index (χ2n) is 3.25. The number of likely N-dealkylation sites (N-methyl/N-ethyl adjacent to an activating group) is 1. The number of hydrogen-bond donors (Lipinski definition) is 2. The standard InChI is InChI=1S/C10H12N2O3/c1-10(11-2,9(14)15)8(13)7-3-5-12-6-4-7/h3-6,11H,1-2H3,(H,14,15)/t10-/m1/s1. The third-order valence-electron chi connectivity index (χ3n) is 2.32. The van der Waals surface area contributed by atoms with Gasteiger partial charge in [-0.1, -0.05) is 0 Å². The monoisotopic (exact) mass is 208 g/mol. The molecule has 0 unspecified atom stereocenters. The van der Waals surface area contributed by atoms with E-state index >= 15 is 0 Å². The molecule has 0 aliphatic carbocycles. The van der Waals surface area contributed by atoms with Crippen LogP contribution in [0.25, 0.3) is 0 Å². The minimum atomic E-state index is -1.60. The fourth-order valence-corrected chi connectivity index (χ4v) is 1.11. The van der Waals surface area contributed by atoms with Gasteiger partial charge in [-0.2, -0.15) is 0 Å². The Hall–Kier alpha value is -1.75. The van der Waals surface area contributed by atoms with Crippen LogP contribution in [0.4, 0.5) is 0 Å². The van der Waals surface area contributed by atoms with Crippen LogP contribution in [0, 0.1) is 0 Å². The van der Waals surface area contributed by atoms with Gasteiger partial charge in [0.25, 0.3) is 0 Å². The number of carboxylic acids is 1. The summed E-state index contributed by atoms with van der Waals surface area (Å²) in [4.78, 5) is 26.6. The molecule has 0 spiro atoms. The van der Waals surface area contributed by atoms with Crippen LogP contribution in [-0.2, 0) is 4.79 Å². The first-order valence-corrected chi connectivity index (χ1v) is 4.39. The van der Waals surface area contributed by atoms with Crippen LogP contribution in [0.15, 0.2) is 24.5 Å². The Morgan fingerprint density at radius 3 is 2.33 bits per heavy atom. The second kappa shape index (κ2) is 4.18. The van der Waals surface area contributed by atoms with E-state index in [1.165, 1.54) is 38.5 Å². The van der Waals surface area contributed by atoms with Crippen molar-refractivity contribution in [2.24, 2.45) is 0 Å². The predicted molar refractivity (Wildman–Crippen MR) is 53.7 cm³/mol. The number of rotatable bonds is 4. The topological polar surface area (TPSA) is 79.3 Å². The van der Waals surface area contributed by atoms with Gasteiger partial charge in [-0.15, -0.1) is 0 Å². The molecule has 0 aliphatic rings. The van der Waals surface area contributed by atoms with Crippen molar-refractivity contribution in [2.45, 2.75) is 12.5 Å². The number of carbonyl (C=O) groups is 2. The molecule has 5 heteroatoms. The number of nitrogens with zero attached hydrogens (tertiary/aromatic N) is 1. The van der Waals surface area contributed by atoms with Crippen LogP contribution >= 0.6 is 0 Å². The Labute approximate surface area is 87.1 Å². The summed E-state index contributed by atoms with van der Waals surface area (Å²) in [6.07, 6.45) is 2.90. The molecule has 80 valence electrons. The summed E-state index contributed by atoms with van der Waals surface area (Å²) in [6.45, 7) is 1.33. The van der Waals surface area contributed by atoms with Crippen molar-refractivity contribution >= 4 is 11.8 Å². The van der Waals surface area contributed by atoms with E-state index in [1.54, 1.807) is 0 Å². The van der Waals surface area contributed by atoms with Crippen molar-refractivity contribution in [3.8, 4) is 0 Å². The van der Waals surface area contributed by atoms with Crippen molar-refractivity contribution in [3.05, 3.63) is 30.1 Å². The summed E-state index contributed by atoms with van der Waals surface area (Å²) in [7, 11) is 1.44. The van der Waals surface area contributed by atoms with Gasteiger partial charge in [-0.25, -0.2) is 4.79 Å². The van der Waals surface area contributed by atoms with E-state index in [0.29, 0.717) is 5.56 Å². The van der Waals surface area contributed by atoms with Gasteiger partial charge >= 0.3 is 5.97 Å². The molecule has 1 atom stereocenters.